The summed E-state index contributed by atoms with van der Waals surface area (Å²) in [7, 11) is 0. The molecular formula is C63H108O5. The molecule has 0 spiro atoms. The van der Waals surface area contributed by atoms with Crippen LogP contribution >= 0.6 is 0 Å². The van der Waals surface area contributed by atoms with E-state index in [1.165, 1.54) is 128 Å². The van der Waals surface area contributed by atoms with Crippen molar-refractivity contribution < 1.29 is 23.8 Å². The van der Waals surface area contributed by atoms with Crippen LogP contribution in [0.3, 0.4) is 0 Å². The number of ether oxygens (including phenoxy) is 3. The summed E-state index contributed by atoms with van der Waals surface area (Å²) in [6, 6.07) is 0. The first kappa shape index (κ1) is 64.8. The average molecular weight is 946 g/mol. The van der Waals surface area contributed by atoms with Gasteiger partial charge in [-0.3, -0.25) is 9.59 Å². The van der Waals surface area contributed by atoms with Crippen LogP contribution in [-0.2, 0) is 23.8 Å². The van der Waals surface area contributed by atoms with Gasteiger partial charge in [0.1, 0.15) is 6.61 Å². The van der Waals surface area contributed by atoms with E-state index in [0.717, 1.165) is 103 Å². The molecule has 0 bridgehead atoms. The van der Waals surface area contributed by atoms with Crippen molar-refractivity contribution >= 4 is 11.9 Å². The molecular weight excluding hydrogens is 837 g/mol. The minimum Gasteiger partial charge on any atom is -0.462 e. The summed E-state index contributed by atoms with van der Waals surface area (Å²) in [6.45, 7) is 7.58. The molecule has 0 aliphatic heterocycles. The first-order valence-corrected chi connectivity index (χ1v) is 28.8. The van der Waals surface area contributed by atoms with Crippen molar-refractivity contribution in [2.45, 2.75) is 271 Å². The molecule has 0 amide bonds. The largest absolute Gasteiger partial charge is 0.462 e. The second-order valence-corrected chi connectivity index (χ2v) is 18.8. The molecule has 0 aromatic rings. The van der Waals surface area contributed by atoms with Crippen molar-refractivity contribution in [3.8, 4) is 0 Å². The van der Waals surface area contributed by atoms with E-state index >= 15 is 0 Å². The average Bonchev–Trinajstić information content (AvgIpc) is 3.34. The van der Waals surface area contributed by atoms with Gasteiger partial charge in [-0.15, -0.1) is 0 Å². The van der Waals surface area contributed by atoms with Crippen molar-refractivity contribution in [1.82, 2.24) is 0 Å². The van der Waals surface area contributed by atoms with Gasteiger partial charge >= 0.3 is 11.9 Å². The quantitative estimate of drug-likeness (QED) is 0.0345. The zero-order valence-corrected chi connectivity index (χ0v) is 44.8. The molecule has 0 saturated heterocycles. The molecule has 0 fully saturated rings. The molecule has 5 heteroatoms. The van der Waals surface area contributed by atoms with E-state index in [4.69, 9.17) is 14.2 Å². The Morgan fingerprint density at radius 3 is 1.10 bits per heavy atom. The second kappa shape index (κ2) is 58.1. The smallest absolute Gasteiger partial charge is 0.306 e. The molecule has 5 nitrogen and oxygen atoms in total. The molecule has 1 unspecified atom stereocenters. The standard InChI is InChI=1S/C63H108O5/c1-4-7-10-13-16-19-22-25-28-30-32-33-36-38-41-44-47-50-53-56-62(64)67-60-61(68-63(65)57-54-51-48-45-42-39-35-27-24-21-18-15-12-9-6-3)59-66-58-55-52-49-46-43-40-37-34-31-29-26-23-20-17-14-11-8-5-2/h8,11,17-18,20-21,25-29,34-35,37,43,46,61H,4-7,9-10,12-16,19,22-24,30-33,36,38-42,44-45,47-60H2,1-3H3/b11-8-,20-17-,21-18-,28-25-,29-26-,35-27-,37-34-,46-43-. The number of rotatable bonds is 52. The third kappa shape index (κ3) is 55.4. The predicted molar refractivity (Wildman–Crippen MR) is 297 cm³/mol. The van der Waals surface area contributed by atoms with Gasteiger partial charge in [-0.1, -0.05) is 227 Å². The second-order valence-electron chi connectivity index (χ2n) is 18.8. The summed E-state index contributed by atoms with van der Waals surface area (Å²) in [5.41, 5.74) is 0. The topological polar surface area (TPSA) is 61.8 Å². The van der Waals surface area contributed by atoms with Crippen LogP contribution in [0, 0.1) is 0 Å². The van der Waals surface area contributed by atoms with Crippen LogP contribution in [0.4, 0.5) is 0 Å². The van der Waals surface area contributed by atoms with Crippen LogP contribution in [0.25, 0.3) is 0 Å². The highest BCUT2D eigenvalue weighted by Gasteiger charge is 2.17. The molecule has 1 atom stereocenters. The summed E-state index contributed by atoms with van der Waals surface area (Å²) < 4.78 is 17.4. The minimum absolute atomic E-state index is 0.0572. The summed E-state index contributed by atoms with van der Waals surface area (Å²) in [6.07, 6.45) is 78.6. The van der Waals surface area contributed by atoms with E-state index < -0.39 is 6.10 Å². The van der Waals surface area contributed by atoms with Gasteiger partial charge in [0.25, 0.3) is 0 Å². The molecule has 68 heavy (non-hydrogen) atoms. The van der Waals surface area contributed by atoms with Gasteiger partial charge < -0.3 is 14.2 Å². The summed E-state index contributed by atoms with van der Waals surface area (Å²) in [5.74, 6) is -0.438. The first-order chi connectivity index (χ1) is 33.6. The van der Waals surface area contributed by atoms with Crippen LogP contribution in [-0.4, -0.2) is 37.9 Å². The van der Waals surface area contributed by atoms with E-state index in [1.807, 2.05) is 0 Å². The highest BCUT2D eigenvalue weighted by molar-refractivity contribution is 5.70. The number of carbonyl (C=O) groups is 2. The van der Waals surface area contributed by atoms with Crippen LogP contribution < -0.4 is 0 Å². The molecule has 0 aliphatic carbocycles. The fourth-order valence-electron chi connectivity index (χ4n) is 7.80. The third-order valence-electron chi connectivity index (χ3n) is 12.1. The lowest BCUT2D eigenvalue weighted by Gasteiger charge is -2.18. The normalized spacial score (nSPS) is 12.9. The highest BCUT2D eigenvalue weighted by Crippen LogP contribution is 2.14. The first-order valence-electron chi connectivity index (χ1n) is 28.8. The summed E-state index contributed by atoms with van der Waals surface area (Å²) >= 11 is 0. The van der Waals surface area contributed by atoms with Gasteiger partial charge in [-0.2, -0.15) is 0 Å². The van der Waals surface area contributed by atoms with Gasteiger partial charge in [0.2, 0.25) is 0 Å². The van der Waals surface area contributed by atoms with E-state index in [2.05, 4.69) is 118 Å². The van der Waals surface area contributed by atoms with Crippen LogP contribution in [0.2, 0.25) is 0 Å². The van der Waals surface area contributed by atoms with Crippen molar-refractivity contribution in [2.75, 3.05) is 19.8 Å². The van der Waals surface area contributed by atoms with Crippen LogP contribution in [0.1, 0.15) is 265 Å². The Labute approximate surface area is 422 Å². The molecule has 0 rings (SSSR count). The maximum absolute atomic E-state index is 12.8. The number of allylic oxidation sites excluding steroid dienone is 16. The van der Waals surface area contributed by atoms with E-state index in [1.54, 1.807) is 0 Å². The fraction of sp³-hybridized carbons (Fsp3) is 0.714. The van der Waals surface area contributed by atoms with E-state index in [-0.39, 0.29) is 25.2 Å². The lowest BCUT2D eigenvalue weighted by Crippen LogP contribution is -2.30. The minimum atomic E-state index is -0.573. The number of hydrogen-bond donors (Lipinski definition) is 0. The maximum atomic E-state index is 12.8. The fourth-order valence-corrected chi connectivity index (χ4v) is 7.80. The molecule has 0 N–H and O–H groups in total. The van der Waals surface area contributed by atoms with Crippen molar-refractivity contribution in [1.29, 1.82) is 0 Å². The number of hydrogen-bond acceptors (Lipinski definition) is 5. The molecule has 390 valence electrons. The Morgan fingerprint density at radius 2 is 0.662 bits per heavy atom. The number of carbonyl (C=O) groups excluding carboxylic acids is 2. The number of esters is 2. The zero-order chi connectivity index (χ0) is 49.2. The van der Waals surface area contributed by atoms with Crippen molar-refractivity contribution in [3.63, 3.8) is 0 Å². The Bertz CT molecular complexity index is 1300. The van der Waals surface area contributed by atoms with Gasteiger partial charge in [0, 0.05) is 19.4 Å². The van der Waals surface area contributed by atoms with Gasteiger partial charge in [-0.25, -0.2) is 0 Å². The molecule has 0 heterocycles. The molecule has 0 radical (unpaired) electrons. The van der Waals surface area contributed by atoms with Crippen molar-refractivity contribution in [3.05, 3.63) is 97.2 Å². The zero-order valence-electron chi connectivity index (χ0n) is 44.8. The molecule has 0 saturated carbocycles. The van der Waals surface area contributed by atoms with Crippen LogP contribution in [0.5, 0.6) is 0 Å². The van der Waals surface area contributed by atoms with Crippen molar-refractivity contribution in [2.24, 2.45) is 0 Å². The number of unbranched alkanes of at least 4 members (excludes halogenated alkanes) is 25. The lowest BCUT2D eigenvalue weighted by atomic mass is 10.1. The molecule has 0 aromatic heterocycles. The monoisotopic (exact) mass is 945 g/mol. The van der Waals surface area contributed by atoms with E-state index in [9.17, 15) is 9.59 Å². The highest BCUT2D eigenvalue weighted by atomic mass is 16.6. The molecule has 0 aliphatic rings. The Morgan fingerprint density at radius 1 is 0.338 bits per heavy atom. The molecule has 0 aromatic carbocycles. The SMILES string of the molecule is CC/C=C\C/C=C\C/C=C\C/C=C\C/C=C\CCCCOCC(COC(=O)CCCCCCCCCCC/C=C\CCCCCCCC)OC(=O)CCCCCCC/C=C\C/C=C\CCCCC. The lowest BCUT2D eigenvalue weighted by molar-refractivity contribution is -0.163. The van der Waals surface area contributed by atoms with Gasteiger partial charge in [0.05, 0.1) is 6.61 Å². The Balaban J connectivity index is 4.37. The predicted octanol–water partition coefficient (Wildman–Crippen LogP) is 19.8. The van der Waals surface area contributed by atoms with Gasteiger partial charge in [0.15, 0.2) is 6.10 Å². The Kier molecular flexibility index (Phi) is 55.4. The summed E-state index contributed by atoms with van der Waals surface area (Å²) in [4.78, 5) is 25.5. The summed E-state index contributed by atoms with van der Waals surface area (Å²) in [5, 5.41) is 0. The third-order valence-corrected chi connectivity index (χ3v) is 12.1. The maximum Gasteiger partial charge on any atom is 0.306 e. The van der Waals surface area contributed by atoms with Gasteiger partial charge in [-0.05, 0) is 122 Å². The van der Waals surface area contributed by atoms with E-state index in [0.29, 0.717) is 19.4 Å². The van der Waals surface area contributed by atoms with Crippen LogP contribution in [0.15, 0.2) is 97.2 Å². The Hall–Kier alpha value is -3.18.